The van der Waals surface area contributed by atoms with Crippen LogP contribution in [0, 0.1) is 5.92 Å². The van der Waals surface area contributed by atoms with Gasteiger partial charge in [-0.05, 0) is 148 Å². The van der Waals surface area contributed by atoms with Gasteiger partial charge in [0, 0.05) is 23.4 Å². The topological polar surface area (TPSA) is 92.0 Å². The van der Waals surface area contributed by atoms with Crippen LogP contribution in [0.4, 0.5) is 0 Å². The van der Waals surface area contributed by atoms with Crippen molar-refractivity contribution in [2.45, 2.75) is 115 Å². The smallest absolute Gasteiger partial charge is 0.336 e. The van der Waals surface area contributed by atoms with E-state index < -0.39 is 35.4 Å². The molecule has 3 aliphatic heterocycles. The van der Waals surface area contributed by atoms with Gasteiger partial charge in [-0.25, -0.2) is 9.59 Å². The van der Waals surface area contributed by atoms with Gasteiger partial charge in [0.25, 0.3) is 0 Å². The molecule has 1 saturated carbocycles. The van der Waals surface area contributed by atoms with E-state index >= 15 is 0 Å². The van der Waals surface area contributed by atoms with E-state index in [0.29, 0.717) is 41.5 Å². The zero-order valence-corrected chi connectivity index (χ0v) is 36.5. The van der Waals surface area contributed by atoms with Gasteiger partial charge in [0.05, 0.1) is 5.56 Å². The van der Waals surface area contributed by atoms with Crippen LogP contribution in [0.15, 0.2) is 154 Å². The van der Waals surface area contributed by atoms with Gasteiger partial charge in [-0.3, -0.25) is 4.79 Å². The molecule has 0 radical (unpaired) electrons. The highest BCUT2D eigenvalue weighted by molar-refractivity contribution is 5.90. The molecule has 1 aromatic heterocycles. The molecule has 63 heavy (non-hydrogen) atoms. The molecule has 0 spiro atoms. The van der Waals surface area contributed by atoms with Crippen LogP contribution in [0.3, 0.4) is 0 Å². The minimum Gasteiger partial charge on any atom is -0.483 e. The molecule has 0 saturated heterocycles. The number of ether oxygens (including phenoxy) is 3. The highest BCUT2D eigenvalue weighted by Gasteiger charge is 2.53. The first-order chi connectivity index (χ1) is 30.6. The number of hydrogen-bond donors (Lipinski definition) is 0. The molecule has 6 aromatic rings. The first kappa shape index (κ1) is 42.1. The van der Waals surface area contributed by atoms with Gasteiger partial charge < -0.3 is 18.6 Å². The Morgan fingerprint density at radius 1 is 0.714 bits per heavy atom. The highest BCUT2D eigenvalue weighted by Crippen LogP contribution is 2.50. The average molecular weight is 841 g/mol. The summed E-state index contributed by atoms with van der Waals surface area (Å²) >= 11 is 0. The minimum atomic E-state index is -1.11. The number of rotatable bonds is 7. The molecule has 0 amide bonds. The van der Waals surface area contributed by atoms with Crippen molar-refractivity contribution in [3.63, 3.8) is 0 Å². The van der Waals surface area contributed by atoms with Crippen molar-refractivity contribution >= 4 is 22.9 Å². The lowest BCUT2D eigenvalue weighted by Gasteiger charge is -2.45. The third-order valence-corrected chi connectivity index (χ3v) is 13.8. The second-order valence-corrected chi connectivity index (χ2v) is 18.3. The summed E-state index contributed by atoms with van der Waals surface area (Å²) in [6, 6.07) is 45.3. The van der Waals surface area contributed by atoms with Gasteiger partial charge in [-0.15, -0.1) is 0 Å². The lowest BCUT2D eigenvalue weighted by atomic mass is 9.68. The molecule has 1 aliphatic carbocycles. The number of benzene rings is 5. The number of fused-ring (bicyclic) bond motifs is 11. The van der Waals surface area contributed by atoms with Crippen LogP contribution in [0.5, 0.6) is 5.75 Å². The SMILES string of the molecule is CC(C)=C1CCc2ccc(cc2)C2CCC(c3cccc(Cc4ccccc4)c3)CC2CC(=O)OC2c3c(ccc4ccc(=O)oc34)OC(C)(CCCc3ccccc3)C2OC1=O. The molecule has 5 aromatic carbocycles. The Bertz CT molecular complexity index is 2680. The third-order valence-electron chi connectivity index (χ3n) is 13.8. The van der Waals surface area contributed by atoms with Gasteiger partial charge in [0.15, 0.2) is 12.2 Å². The van der Waals surface area contributed by atoms with E-state index in [1.54, 1.807) is 6.07 Å². The van der Waals surface area contributed by atoms with E-state index in [-0.39, 0.29) is 29.8 Å². The van der Waals surface area contributed by atoms with Crippen LogP contribution in [-0.4, -0.2) is 23.6 Å². The summed E-state index contributed by atoms with van der Waals surface area (Å²) in [5, 5.41) is 0.649. The van der Waals surface area contributed by atoms with Crippen LogP contribution >= 0.6 is 0 Å². The Morgan fingerprint density at radius 3 is 2.21 bits per heavy atom. The van der Waals surface area contributed by atoms with Crippen molar-refractivity contribution < 1.29 is 28.2 Å². The summed E-state index contributed by atoms with van der Waals surface area (Å²) in [5.74, 6) is -0.0346. The minimum absolute atomic E-state index is 0.0203. The predicted octanol–water partition coefficient (Wildman–Crippen LogP) is 12.1. The van der Waals surface area contributed by atoms with E-state index in [1.165, 1.54) is 33.9 Å². The van der Waals surface area contributed by atoms with Crippen molar-refractivity contribution in [3.8, 4) is 5.75 Å². The Morgan fingerprint density at radius 2 is 1.44 bits per heavy atom. The number of esters is 2. The summed E-state index contributed by atoms with van der Waals surface area (Å²) in [7, 11) is 0. The van der Waals surface area contributed by atoms with Crippen LogP contribution in [0.25, 0.3) is 11.0 Å². The van der Waals surface area contributed by atoms with E-state index in [4.69, 9.17) is 18.6 Å². The first-order valence-electron chi connectivity index (χ1n) is 22.7. The second kappa shape index (κ2) is 18.3. The lowest BCUT2D eigenvalue weighted by molar-refractivity contribution is -0.192. The number of allylic oxidation sites excluding steroid dienone is 1. The predicted molar refractivity (Wildman–Crippen MR) is 246 cm³/mol. The van der Waals surface area contributed by atoms with E-state index in [0.717, 1.165) is 49.7 Å². The Hall–Kier alpha value is -6.21. The summed E-state index contributed by atoms with van der Waals surface area (Å²) in [6.45, 7) is 5.80. The summed E-state index contributed by atoms with van der Waals surface area (Å²) in [5.41, 5.74) is 7.83. The Labute approximate surface area is 370 Å². The zero-order chi connectivity index (χ0) is 43.5. The monoisotopic (exact) mass is 840 g/mol. The molecule has 322 valence electrons. The standard InChI is InChI=1S/C56H56O7/c1-36(2)46-27-21-38-19-22-41(23-20-38)47-28-24-44(43-18-10-16-40(33-43)32-39-14-8-5-9-15-39)34-45(47)35-50(58)61-53-51-48(29-25-42-26-30-49(57)60-52(42)51)63-56(3,54(53)62-55(46)59)31-11-17-37-12-6-4-7-13-37/h4-10,12-16,18-20,22-23,25-26,29-30,33,44-45,47,53-54H,11,17,21,24,27-28,31-32,34-35H2,1-3H3. The molecule has 10 rings (SSSR count). The van der Waals surface area contributed by atoms with Crippen LogP contribution in [-0.2, 0) is 38.3 Å². The number of carbonyl (C=O) groups excluding carboxylic acids is 2. The molecule has 4 aliphatic rings. The largest absolute Gasteiger partial charge is 0.483 e. The molecule has 6 atom stereocenters. The fourth-order valence-electron chi connectivity index (χ4n) is 10.4. The number of hydrogen-bond acceptors (Lipinski definition) is 7. The maximum absolute atomic E-state index is 14.9. The molecule has 1 fully saturated rings. The van der Waals surface area contributed by atoms with Gasteiger partial charge >= 0.3 is 17.6 Å². The molecule has 4 heterocycles. The zero-order valence-electron chi connectivity index (χ0n) is 36.5. The third kappa shape index (κ3) is 9.29. The highest BCUT2D eigenvalue weighted by atomic mass is 16.6. The molecule has 7 heteroatoms. The van der Waals surface area contributed by atoms with Gasteiger partial charge in [-0.1, -0.05) is 115 Å². The summed E-state index contributed by atoms with van der Waals surface area (Å²) in [4.78, 5) is 42.4. The summed E-state index contributed by atoms with van der Waals surface area (Å²) in [6.07, 6.45) is 4.75. The van der Waals surface area contributed by atoms with Crippen molar-refractivity contribution in [2.24, 2.45) is 5.92 Å². The fraction of sp³-hybridized carbons (Fsp3) is 0.339. The van der Waals surface area contributed by atoms with Crippen LogP contribution in [0.2, 0.25) is 0 Å². The van der Waals surface area contributed by atoms with Crippen molar-refractivity contribution in [1.29, 1.82) is 0 Å². The molecule has 6 unspecified atom stereocenters. The second-order valence-electron chi connectivity index (χ2n) is 18.3. The van der Waals surface area contributed by atoms with E-state index in [1.807, 2.05) is 57.2 Å². The molecule has 0 N–H and O–H groups in total. The van der Waals surface area contributed by atoms with Crippen LogP contribution in [0.1, 0.15) is 123 Å². The Balaban J connectivity index is 1.10. The van der Waals surface area contributed by atoms with Crippen molar-refractivity contribution in [1.82, 2.24) is 0 Å². The van der Waals surface area contributed by atoms with Crippen molar-refractivity contribution in [3.05, 3.63) is 194 Å². The maximum Gasteiger partial charge on any atom is 0.336 e. The Kier molecular flexibility index (Phi) is 12.2. The quantitative estimate of drug-likeness (QED) is 0.0898. The normalized spacial score (nSPS) is 23.7. The fourth-order valence-corrected chi connectivity index (χ4v) is 10.4. The van der Waals surface area contributed by atoms with Gasteiger partial charge in [0.1, 0.15) is 16.9 Å². The molecule has 7 nitrogen and oxygen atoms in total. The maximum atomic E-state index is 14.9. The lowest BCUT2D eigenvalue weighted by Crippen LogP contribution is -2.54. The van der Waals surface area contributed by atoms with Crippen LogP contribution < -0.4 is 10.4 Å². The molecular weight excluding hydrogens is 785 g/mol. The summed E-state index contributed by atoms with van der Waals surface area (Å²) < 4.78 is 26.3. The first-order valence-corrected chi connectivity index (χ1v) is 22.7. The average Bonchev–Trinajstić information content (AvgIpc) is 3.28. The van der Waals surface area contributed by atoms with Gasteiger partial charge in [-0.2, -0.15) is 0 Å². The van der Waals surface area contributed by atoms with E-state index in [2.05, 4.69) is 84.9 Å². The molecular formula is C56H56O7. The van der Waals surface area contributed by atoms with Crippen molar-refractivity contribution in [2.75, 3.05) is 0 Å². The number of aryl methyl sites for hydroxylation is 2. The number of carbonyl (C=O) groups is 2. The molecule has 2 bridgehead atoms. The van der Waals surface area contributed by atoms with E-state index in [9.17, 15) is 14.4 Å². The van der Waals surface area contributed by atoms with Gasteiger partial charge in [0.2, 0.25) is 0 Å².